The summed E-state index contributed by atoms with van der Waals surface area (Å²) >= 11 is 0. The number of carbonyl (C=O) groups excluding carboxylic acids is 2. The van der Waals surface area contributed by atoms with Crippen LogP contribution < -0.4 is 10.6 Å². The first kappa shape index (κ1) is 20.5. The van der Waals surface area contributed by atoms with Crippen LogP contribution in [0.15, 0.2) is 48.5 Å². The van der Waals surface area contributed by atoms with Gasteiger partial charge in [-0.1, -0.05) is 18.2 Å². The molecule has 0 atom stereocenters. The number of rotatable bonds is 6. The van der Waals surface area contributed by atoms with Crippen LogP contribution in [0, 0.1) is 11.6 Å². The van der Waals surface area contributed by atoms with Gasteiger partial charge in [0.25, 0.3) is 0 Å². The zero-order valence-electron chi connectivity index (χ0n) is 15.6. The van der Waals surface area contributed by atoms with Gasteiger partial charge in [0.15, 0.2) is 11.6 Å². The van der Waals surface area contributed by atoms with E-state index < -0.39 is 17.5 Å². The van der Waals surface area contributed by atoms with Crippen molar-refractivity contribution in [3.8, 4) is 5.75 Å². The minimum Gasteiger partial charge on any atom is -0.508 e. The molecule has 29 heavy (non-hydrogen) atoms. The summed E-state index contributed by atoms with van der Waals surface area (Å²) in [6.45, 7) is 1.18. The normalized spacial score (nSPS) is 14.2. The zero-order chi connectivity index (χ0) is 20.8. The summed E-state index contributed by atoms with van der Waals surface area (Å²) in [6, 6.07) is 10.0. The first-order chi connectivity index (χ1) is 13.9. The van der Waals surface area contributed by atoms with Gasteiger partial charge in [0.2, 0.25) is 11.8 Å². The largest absolute Gasteiger partial charge is 0.508 e. The third-order valence-electron chi connectivity index (χ3n) is 4.55. The Kier molecular flexibility index (Phi) is 6.56. The van der Waals surface area contributed by atoms with Crippen LogP contribution in [0.4, 0.5) is 14.5 Å². The monoisotopic (exact) mass is 401 g/mol. The molecule has 3 N–H and O–H groups in total. The number of nitrogens with one attached hydrogen (secondary N) is 2. The molecule has 0 aromatic heterocycles. The summed E-state index contributed by atoms with van der Waals surface area (Å²) in [4.78, 5) is 25.9. The molecular formula is C21H21F2N3O3. The number of amides is 2. The van der Waals surface area contributed by atoms with Crippen LogP contribution in [-0.4, -0.2) is 48.0 Å². The lowest BCUT2D eigenvalue weighted by Crippen LogP contribution is -2.41. The van der Waals surface area contributed by atoms with Crippen LogP contribution in [-0.2, 0) is 9.59 Å². The fourth-order valence-electron chi connectivity index (χ4n) is 3.01. The first-order valence-electron chi connectivity index (χ1n) is 9.13. The van der Waals surface area contributed by atoms with Gasteiger partial charge >= 0.3 is 0 Å². The molecule has 1 heterocycles. The number of hydrogen-bond donors (Lipinski definition) is 3. The molecule has 1 aliphatic rings. The Hall–Kier alpha value is -3.26. The highest BCUT2D eigenvalue weighted by Gasteiger charge is 2.16. The summed E-state index contributed by atoms with van der Waals surface area (Å²) in [5, 5.41) is 14.3. The predicted octanol–water partition coefficient (Wildman–Crippen LogP) is 2.51. The third-order valence-corrected chi connectivity index (χ3v) is 4.55. The van der Waals surface area contributed by atoms with Crippen LogP contribution in [0.5, 0.6) is 5.75 Å². The summed E-state index contributed by atoms with van der Waals surface area (Å²) in [5.74, 6) is -2.67. The van der Waals surface area contributed by atoms with Crippen LogP contribution >= 0.6 is 0 Å². The van der Waals surface area contributed by atoms with Crippen LogP contribution in [0.1, 0.15) is 12.0 Å². The number of hydrogen-bond acceptors (Lipinski definition) is 4. The van der Waals surface area contributed by atoms with Gasteiger partial charge < -0.3 is 15.7 Å². The van der Waals surface area contributed by atoms with Gasteiger partial charge in [-0.15, -0.1) is 0 Å². The number of phenolic OH excluding ortho intramolecular Hbond substituents is 1. The Balaban J connectivity index is 1.42. The second-order valence-corrected chi connectivity index (χ2v) is 6.72. The van der Waals surface area contributed by atoms with Crippen LogP contribution in [0.25, 0.3) is 5.57 Å². The Labute approximate surface area is 166 Å². The van der Waals surface area contributed by atoms with Gasteiger partial charge in [0, 0.05) is 24.8 Å². The maximum atomic E-state index is 13.1. The second-order valence-electron chi connectivity index (χ2n) is 6.72. The van der Waals surface area contributed by atoms with Gasteiger partial charge in [-0.2, -0.15) is 0 Å². The Morgan fingerprint density at radius 2 is 1.79 bits per heavy atom. The average Bonchev–Trinajstić information content (AvgIpc) is 2.70. The van der Waals surface area contributed by atoms with Crippen molar-refractivity contribution in [3.05, 3.63) is 65.7 Å². The lowest BCUT2D eigenvalue weighted by molar-refractivity contribution is -0.125. The van der Waals surface area contributed by atoms with E-state index >= 15 is 0 Å². The predicted molar refractivity (Wildman–Crippen MR) is 105 cm³/mol. The van der Waals surface area contributed by atoms with E-state index in [0.717, 1.165) is 29.7 Å². The van der Waals surface area contributed by atoms with Gasteiger partial charge in [-0.3, -0.25) is 14.5 Å². The molecule has 0 radical (unpaired) electrons. The molecule has 0 bridgehead atoms. The van der Waals surface area contributed by atoms with Crippen molar-refractivity contribution in [1.29, 1.82) is 0 Å². The fraction of sp³-hybridized carbons (Fsp3) is 0.238. The number of phenols is 1. The van der Waals surface area contributed by atoms with E-state index in [4.69, 9.17) is 0 Å². The number of halogens is 2. The zero-order valence-corrected chi connectivity index (χ0v) is 15.6. The lowest BCUT2D eigenvalue weighted by atomic mass is 9.99. The molecule has 2 amide bonds. The van der Waals surface area contributed by atoms with Crippen molar-refractivity contribution >= 4 is 23.1 Å². The van der Waals surface area contributed by atoms with Crippen molar-refractivity contribution in [1.82, 2.24) is 10.2 Å². The number of carbonyl (C=O) groups is 2. The minimum absolute atomic E-state index is 0.117. The minimum atomic E-state index is -1.06. The smallest absolute Gasteiger partial charge is 0.243 e. The summed E-state index contributed by atoms with van der Waals surface area (Å²) in [5.41, 5.74) is 2.32. The molecule has 0 fully saturated rings. The van der Waals surface area contributed by atoms with E-state index in [-0.39, 0.29) is 30.4 Å². The SMILES string of the molecule is O=C(CN1CC=C(c2ccc(O)cc2)CC1)NCC(=O)Nc1ccc(F)c(F)c1. The molecule has 3 rings (SSSR count). The van der Waals surface area contributed by atoms with E-state index in [1.54, 1.807) is 12.1 Å². The van der Waals surface area contributed by atoms with E-state index in [2.05, 4.69) is 10.6 Å². The van der Waals surface area contributed by atoms with E-state index in [9.17, 15) is 23.5 Å². The first-order valence-corrected chi connectivity index (χ1v) is 9.13. The van der Waals surface area contributed by atoms with E-state index in [1.165, 1.54) is 6.07 Å². The molecule has 2 aromatic carbocycles. The standard InChI is InChI=1S/C21H21F2N3O3/c22-18-6-3-16(11-19(18)23)25-20(28)12-24-21(29)13-26-9-7-15(8-10-26)14-1-4-17(27)5-2-14/h1-7,11,27H,8-10,12-13H2,(H,24,29)(H,25,28). The number of benzene rings is 2. The number of anilines is 1. The molecule has 0 spiro atoms. The average molecular weight is 401 g/mol. The maximum Gasteiger partial charge on any atom is 0.243 e. The molecule has 152 valence electrons. The summed E-state index contributed by atoms with van der Waals surface area (Å²) < 4.78 is 26.0. The molecule has 0 unspecified atom stereocenters. The highest BCUT2D eigenvalue weighted by Crippen LogP contribution is 2.23. The van der Waals surface area contributed by atoms with Gasteiger partial charge in [-0.25, -0.2) is 8.78 Å². The quantitative estimate of drug-likeness (QED) is 0.695. The second kappa shape index (κ2) is 9.29. The molecule has 6 nitrogen and oxygen atoms in total. The number of nitrogens with zero attached hydrogens (tertiary/aromatic N) is 1. The van der Waals surface area contributed by atoms with Gasteiger partial charge in [-0.05, 0) is 41.8 Å². The Bertz CT molecular complexity index is 929. The summed E-state index contributed by atoms with van der Waals surface area (Å²) in [7, 11) is 0. The lowest BCUT2D eigenvalue weighted by Gasteiger charge is -2.25. The summed E-state index contributed by atoms with van der Waals surface area (Å²) in [6.07, 6.45) is 2.81. The van der Waals surface area contributed by atoms with Crippen molar-refractivity contribution in [2.75, 3.05) is 31.5 Å². The van der Waals surface area contributed by atoms with Gasteiger partial charge in [0.1, 0.15) is 5.75 Å². The highest BCUT2D eigenvalue weighted by molar-refractivity contribution is 5.94. The van der Waals surface area contributed by atoms with Crippen molar-refractivity contribution in [3.63, 3.8) is 0 Å². The molecule has 1 aliphatic heterocycles. The van der Waals surface area contributed by atoms with Crippen molar-refractivity contribution < 1.29 is 23.5 Å². The van der Waals surface area contributed by atoms with Crippen molar-refractivity contribution in [2.45, 2.75) is 6.42 Å². The topological polar surface area (TPSA) is 81.7 Å². The molecule has 2 aromatic rings. The number of aromatic hydroxyl groups is 1. The molecular weight excluding hydrogens is 380 g/mol. The van der Waals surface area contributed by atoms with E-state index in [1.807, 2.05) is 23.1 Å². The third kappa shape index (κ3) is 5.86. The highest BCUT2D eigenvalue weighted by atomic mass is 19.2. The maximum absolute atomic E-state index is 13.1. The van der Waals surface area contributed by atoms with Crippen LogP contribution in [0.2, 0.25) is 0 Å². The van der Waals surface area contributed by atoms with Crippen molar-refractivity contribution in [2.24, 2.45) is 0 Å². The van der Waals surface area contributed by atoms with E-state index in [0.29, 0.717) is 13.1 Å². The fourth-order valence-corrected chi connectivity index (χ4v) is 3.01. The molecule has 0 saturated heterocycles. The Morgan fingerprint density at radius 1 is 1.03 bits per heavy atom. The van der Waals surface area contributed by atoms with Gasteiger partial charge in [0.05, 0.1) is 13.1 Å². The molecule has 8 heteroatoms. The van der Waals surface area contributed by atoms with Crippen LogP contribution in [0.3, 0.4) is 0 Å². The molecule has 0 saturated carbocycles. The Morgan fingerprint density at radius 3 is 2.45 bits per heavy atom. The molecule has 0 aliphatic carbocycles.